The molecule has 0 radical (unpaired) electrons. The number of hydrogen-bond donors (Lipinski definition) is 1. The fourth-order valence-corrected chi connectivity index (χ4v) is 2.81. The highest BCUT2D eigenvalue weighted by Crippen LogP contribution is 2.37. The molecule has 0 bridgehead atoms. The molecule has 2 rings (SSSR count). The van der Waals surface area contributed by atoms with Crippen LogP contribution in [0, 0.1) is 11.3 Å². The highest BCUT2D eigenvalue weighted by molar-refractivity contribution is 6.00. The van der Waals surface area contributed by atoms with E-state index in [1.165, 1.54) is 11.1 Å². The van der Waals surface area contributed by atoms with E-state index in [2.05, 4.69) is 89.5 Å². The van der Waals surface area contributed by atoms with Gasteiger partial charge in [0.15, 0.2) is 0 Å². The third-order valence-corrected chi connectivity index (χ3v) is 3.93. The van der Waals surface area contributed by atoms with Gasteiger partial charge in [-0.1, -0.05) is 74.9 Å². The minimum Gasteiger partial charge on any atom is -0.305 e. The fraction of sp³-hybridized carbons (Fsp3) is 0.476. The second-order valence-electron chi connectivity index (χ2n) is 8.35. The quantitative estimate of drug-likeness (QED) is 0.590. The summed E-state index contributed by atoms with van der Waals surface area (Å²) >= 11 is 0. The van der Waals surface area contributed by atoms with Crippen molar-refractivity contribution < 1.29 is 0 Å². The molecule has 2 heteroatoms. The molecule has 124 valence electrons. The van der Waals surface area contributed by atoms with Crippen LogP contribution >= 0.6 is 0 Å². The van der Waals surface area contributed by atoms with Crippen molar-refractivity contribution in [3.8, 4) is 0 Å². The fourth-order valence-electron chi connectivity index (χ4n) is 2.81. The molecule has 2 nitrogen and oxygen atoms in total. The molecule has 0 saturated carbocycles. The molecule has 23 heavy (non-hydrogen) atoms. The van der Waals surface area contributed by atoms with Gasteiger partial charge in [0.1, 0.15) is 0 Å². The number of rotatable bonds is 4. The molecule has 0 aromatic heterocycles. The lowest BCUT2D eigenvalue weighted by atomic mass is 9.78. The molecule has 1 unspecified atom stereocenters. The molecule has 1 aromatic rings. The first kappa shape index (κ1) is 17.5. The predicted molar refractivity (Wildman–Crippen MR) is 101 cm³/mol. The van der Waals surface area contributed by atoms with Crippen LogP contribution in [0.5, 0.6) is 0 Å². The molecule has 0 spiro atoms. The average Bonchev–Trinajstić information content (AvgIpc) is 2.91. The second kappa shape index (κ2) is 6.74. The van der Waals surface area contributed by atoms with Crippen LogP contribution in [-0.2, 0) is 0 Å². The molecular weight excluding hydrogens is 280 g/mol. The summed E-state index contributed by atoms with van der Waals surface area (Å²) in [5.74, 6) is 0.427. The summed E-state index contributed by atoms with van der Waals surface area (Å²) in [7, 11) is 0. The highest BCUT2D eigenvalue weighted by Gasteiger charge is 2.27. The minimum absolute atomic E-state index is 0.0335. The Labute approximate surface area is 141 Å². The van der Waals surface area contributed by atoms with Gasteiger partial charge < -0.3 is 5.43 Å². The van der Waals surface area contributed by atoms with Crippen LogP contribution < -0.4 is 5.43 Å². The summed E-state index contributed by atoms with van der Waals surface area (Å²) in [6, 6.07) is 10.5. The van der Waals surface area contributed by atoms with E-state index in [1.54, 1.807) is 0 Å². The van der Waals surface area contributed by atoms with E-state index in [1.807, 2.05) is 6.07 Å². The standard InChI is InChI=1S/C21H30N2/c1-20(2,3)18-14-10-13-17(18)15-19(22-23-21(4,5)6)16-11-8-7-9-12-16/h7-14,17,23H,15H2,1-6H3. The molecule has 0 fully saturated rings. The van der Waals surface area contributed by atoms with Gasteiger partial charge in [-0.05, 0) is 31.7 Å². The number of benzene rings is 1. The zero-order valence-corrected chi connectivity index (χ0v) is 15.4. The SMILES string of the molecule is CC(C)(C)NN=C(CC1C=CC=C1C(C)(C)C)c1ccccc1. The van der Waals surface area contributed by atoms with Crippen LogP contribution in [0.2, 0.25) is 0 Å². The van der Waals surface area contributed by atoms with Crippen LogP contribution in [0.4, 0.5) is 0 Å². The topological polar surface area (TPSA) is 24.4 Å². The van der Waals surface area contributed by atoms with Gasteiger partial charge in [-0.15, -0.1) is 0 Å². The van der Waals surface area contributed by atoms with Crippen molar-refractivity contribution in [3.63, 3.8) is 0 Å². The van der Waals surface area contributed by atoms with E-state index < -0.39 is 0 Å². The van der Waals surface area contributed by atoms with Crippen LogP contribution in [0.1, 0.15) is 53.5 Å². The summed E-state index contributed by atoms with van der Waals surface area (Å²) in [4.78, 5) is 0. The van der Waals surface area contributed by atoms with Crippen molar-refractivity contribution in [3.05, 3.63) is 59.7 Å². The Bertz CT molecular complexity index is 607. The van der Waals surface area contributed by atoms with Gasteiger partial charge in [0.05, 0.1) is 5.71 Å². The van der Waals surface area contributed by atoms with Crippen molar-refractivity contribution in [2.45, 2.75) is 53.5 Å². The number of allylic oxidation sites excluding steroid dienone is 4. The zero-order chi connectivity index (χ0) is 17.1. The first-order chi connectivity index (χ1) is 10.7. The lowest BCUT2D eigenvalue weighted by molar-refractivity contribution is 0.437. The van der Waals surface area contributed by atoms with E-state index in [9.17, 15) is 0 Å². The first-order valence-corrected chi connectivity index (χ1v) is 8.45. The maximum atomic E-state index is 4.75. The molecule has 0 heterocycles. The number of nitrogens with zero attached hydrogens (tertiary/aromatic N) is 1. The summed E-state index contributed by atoms with van der Waals surface area (Å²) in [5, 5.41) is 4.75. The monoisotopic (exact) mass is 310 g/mol. The smallest absolute Gasteiger partial charge is 0.0684 e. The van der Waals surface area contributed by atoms with Crippen molar-refractivity contribution in [1.29, 1.82) is 0 Å². The molecule has 1 N–H and O–H groups in total. The van der Waals surface area contributed by atoms with Gasteiger partial charge in [0.2, 0.25) is 0 Å². The summed E-state index contributed by atoms with van der Waals surface area (Å²) < 4.78 is 0. The second-order valence-corrected chi connectivity index (χ2v) is 8.35. The van der Waals surface area contributed by atoms with Crippen LogP contribution in [0.3, 0.4) is 0 Å². The van der Waals surface area contributed by atoms with E-state index in [-0.39, 0.29) is 11.0 Å². The maximum absolute atomic E-state index is 4.75. The third kappa shape index (κ3) is 5.09. The Hall–Kier alpha value is -1.83. The van der Waals surface area contributed by atoms with Crippen molar-refractivity contribution in [2.75, 3.05) is 0 Å². The van der Waals surface area contributed by atoms with Crippen molar-refractivity contribution in [2.24, 2.45) is 16.4 Å². The summed E-state index contributed by atoms with van der Waals surface area (Å²) in [6.07, 6.45) is 7.68. The summed E-state index contributed by atoms with van der Waals surface area (Å²) in [5.41, 5.74) is 7.24. The van der Waals surface area contributed by atoms with Gasteiger partial charge in [-0.25, -0.2) is 0 Å². The Morgan fingerprint density at radius 2 is 1.70 bits per heavy atom. The molecule has 0 saturated heterocycles. The molecule has 1 aliphatic rings. The average molecular weight is 310 g/mol. The Balaban J connectivity index is 2.26. The Morgan fingerprint density at radius 3 is 2.26 bits per heavy atom. The molecule has 0 aliphatic heterocycles. The molecule has 1 aromatic carbocycles. The Morgan fingerprint density at radius 1 is 1.04 bits per heavy atom. The predicted octanol–water partition coefficient (Wildman–Crippen LogP) is 5.33. The molecule has 1 aliphatic carbocycles. The number of hydrogen-bond acceptors (Lipinski definition) is 2. The first-order valence-electron chi connectivity index (χ1n) is 8.45. The number of nitrogens with one attached hydrogen (secondary N) is 1. The third-order valence-electron chi connectivity index (χ3n) is 3.93. The molecule has 1 atom stereocenters. The van der Waals surface area contributed by atoms with E-state index >= 15 is 0 Å². The van der Waals surface area contributed by atoms with Gasteiger partial charge in [0.25, 0.3) is 0 Å². The Kier molecular flexibility index (Phi) is 5.13. The van der Waals surface area contributed by atoms with Crippen LogP contribution in [0.15, 0.2) is 59.2 Å². The molecular formula is C21H30N2. The van der Waals surface area contributed by atoms with Crippen LogP contribution in [0.25, 0.3) is 0 Å². The maximum Gasteiger partial charge on any atom is 0.0684 e. The van der Waals surface area contributed by atoms with Crippen LogP contribution in [-0.4, -0.2) is 11.3 Å². The normalized spacial score (nSPS) is 19.0. The highest BCUT2D eigenvalue weighted by atomic mass is 15.3. The van der Waals surface area contributed by atoms with E-state index in [0.717, 1.165) is 12.1 Å². The minimum atomic E-state index is -0.0335. The van der Waals surface area contributed by atoms with Gasteiger partial charge in [-0.2, -0.15) is 5.10 Å². The van der Waals surface area contributed by atoms with E-state index in [4.69, 9.17) is 5.10 Å². The van der Waals surface area contributed by atoms with Crippen molar-refractivity contribution in [1.82, 2.24) is 5.43 Å². The summed E-state index contributed by atoms with van der Waals surface area (Å²) in [6.45, 7) is 13.3. The van der Waals surface area contributed by atoms with Gasteiger partial charge >= 0.3 is 0 Å². The zero-order valence-electron chi connectivity index (χ0n) is 15.4. The lowest BCUT2D eigenvalue weighted by Crippen LogP contribution is -2.32. The van der Waals surface area contributed by atoms with Crippen molar-refractivity contribution >= 4 is 5.71 Å². The molecule has 0 amide bonds. The van der Waals surface area contributed by atoms with Gasteiger partial charge in [-0.3, -0.25) is 0 Å². The van der Waals surface area contributed by atoms with E-state index in [0.29, 0.717) is 5.92 Å². The lowest BCUT2D eigenvalue weighted by Gasteiger charge is -2.27. The largest absolute Gasteiger partial charge is 0.305 e. The number of hydrazone groups is 1. The van der Waals surface area contributed by atoms with Gasteiger partial charge in [0, 0.05) is 17.9 Å².